The van der Waals surface area contributed by atoms with Crippen molar-refractivity contribution in [2.24, 2.45) is 11.8 Å². The van der Waals surface area contributed by atoms with Crippen molar-refractivity contribution in [3.05, 3.63) is 11.4 Å². The molecule has 1 aliphatic rings. The van der Waals surface area contributed by atoms with Gasteiger partial charge in [0.05, 0.1) is 0 Å². The number of nitrogens with one attached hydrogen (secondary N) is 2. The van der Waals surface area contributed by atoms with Gasteiger partial charge in [-0.05, 0) is 18.3 Å². The molecule has 0 saturated carbocycles. The first kappa shape index (κ1) is 10.4. The summed E-state index contributed by atoms with van der Waals surface area (Å²) in [6.07, 6.45) is 1.21. The standard InChI is InChI=1S/C11H22N2/c1-8(2)10-11(9(3)4)13-7-5-6-12-10/h8-9,12-13H,5-7H2,1-4H3. The van der Waals surface area contributed by atoms with Crippen LogP contribution < -0.4 is 10.6 Å². The Morgan fingerprint density at radius 3 is 1.54 bits per heavy atom. The van der Waals surface area contributed by atoms with Crippen LogP contribution in [0.25, 0.3) is 0 Å². The van der Waals surface area contributed by atoms with E-state index in [1.54, 1.807) is 0 Å². The maximum absolute atomic E-state index is 3.53. The summed E-state index contributed by atoms with van der Waals surface area (Å²) < 4.78 is 0. The zero-order valence-electron chi connectivity index (χ0n) is 9.28. The van der Waals surface area contributed by atoms with E-state index in [0.29, 0.717) is 11.8 Å². The topological polar surface area (TPSA) is 24.1 Å². The molecule has 0 unspecified atom stereocenters. The summed E-state index contributed by atoms with van der Waals surface area (Å²) >= 11 is 0. The number of allylic oxidation sites excluding steroid dienone is 2. The molecule has 0 bridgehead atoms. The Balaban J connectivity index is 2.85. The zero-order valence-corrected chi connectivity index (χ0v) is 9.28. The first-order chi connectivity index (χ1) is 6.13. The third-order valence-electron chi connectivity index (χ3n) is 2.43. The van der Waals surface area contributed by atoms with Gasteiger partial charge < -0.3 is 10.6 Å². The average Bonchev–Trinajstić information content (AvgIpc) is 2.27. The van der Waals surface area contributed by atoms with Crippen LogP contribution >= 0.6 is 0 Å². The van der Waals surface area contributed by atoms with Crippen LogP contribution in [0.3, 0.4) is 0 Å². The highest BCUT2D eigenvalue weighted by molar-refractivity contribution is 5.16. The van der Waals surface area contributed by atoms with Crippen molar-refractivity contribution >= 4 is 0 Å². The normalized spacial score (nSPS) is 18.6. The SMILES string of the molecule is CC(C)C1=C(C(C)C)NCCCN1. The molecule has 0 aromatic carbocycles. The van der Waals surface area contributed by atoms with E-state index < -0.39 is 0 Å². The fourth-order valence-corrected chi connectivity index (χ4v) is 1.76. The van der Waals surface area contributed by atoms with E-state index in [0.717, 1.165) is 13.1 Å². The highest BCUT2D eigenvalue weighted by Gasteiger charge is 2.15. The first-order valence-corrected chi connectivity index (χ1v) is 5.34. The summed E-state index contributed by atoms with van der Waals surface area (Å²) in [4.78, 5) is 0. The minimum Gasteiger partial charge on any atom is -0.387 e. The van der Waals surface area contributed by atoms with Crippen molar-refractivity contribution in [3.63, 3.8) is 0 Å². The van der Waals surface area contributed by atoms with Crippen LogP contribution in [0.5, 0.6) is 0 Å². The molecule has 0 atom stereocenters. The molecular formula is C11H22N2. The predicted octanol–water partition coefficient (Wildman–Crippen LogP) is 2.09. The van der Waals surface area contributed by atoms with Crippen LogP contribution in [0, 0.1) is 11.8 Å². The van der Waals surface area contributed by atoms with Gasteiger partial charge in [0.1, 0.15) is 0 Å². The number of hydrogen-bond donors (Lipinski definition) is 2. The predicted molar refractivity (Wildman–Crippen MR) is 57.3 cm³/mol. The van der Waals surface area contributed by atoms with Crippen LogP contribution in [-0.2, 0) is 0 Å². The minimum absolute atomic E-state index is 0.600. The molecule has 0 fully saturated rings. The lowest BCUT2D eigenvalue weighted by atomic mass is 10.0. The molecule has 0 spiro atoms. The molecule has 2 heteroatoms. The summed E-state index contributed by atoms with van der Waals surface area (Å²) in [7, 11) is 0. The van der Waals surface area contributed by atoms with E-state index in [1.807, 2.05) is 0 Å². The fourth-order valence-electron chi connectivity index (χ4n) is 1.76. The van der Waals surface area contributed by atoms with Crippen molar-refractivity contribution in [1.29, 1.82) is 0 Å². The zero-order chi connectivity index (χ0) is 9.84. The molecule has 1 heterocycles. The second kappa shape index (κ2) is 4.54. The smallest absolute Gasteiger partial charge is 0.0328 e. The quantitative estimate of drug-likeness (QED) is 0.683. The molecule has 1 rings (SSSR count). The largest absolute Gasteiger partial charge is 0.387 e. The Morgan fingerprint density at radius 1 is 0.846 bits per heavy atom. The van der Waals surface area contributed by atoms with E-state index >= 15 is 0 Å². The monoisotopic (exact) mass is 182 g/mol. The summed E-state index contributed by atoms with van der Waals surface area (Å²) in [5, 5.41) is 7.06. The van der Waals surface area contributed by atoms with Gasteiger partial charge in [-0.2, -0.15) is 0 Å². The van der Waals surface area contributed by atoms with Crippen LogP contribution in [0.15, 0.2) is 11.4 Å². The number of rotatable bonds is 2. The van der Waals surface area contributed by atoms with Gasteiger partial charge in [-0.1, -0.05) is 27.7 Å². The summed E-state index contributed by atoms with van der Waals surface area (Å²) in [6.45, 7) is 11.2. The Bertz CT molecular complexity index is 172. The van der Waals surface area contributed by atoms with Gasteiger partial charge in [-0.15, -0.1) is 0 Å². The second-order valence-electron chi connectivity index (χ2n) is 4.34. The van der Waals surface area contributed by atoms with Gasteiger partial charge in [0.25, 0.3) is 0 Å². The minimum atomic E-state index is 0.600. The van der Waals surface area contributed by atoms with Crippen LogP contribution in [0.4, 0.5) is 0 Å². The van der Waals surface area contributed by atoms with Gasteiger partial charge in [-0.3, -0.25) is 0 Å². The van der Waals surface area contributed by atoms with E-state index in [-0.39, 0.29) is 0 Å². The second-order valence-corrected chi connectivity index (χ2v) is 4.34. The van der Waals surface area contributed by atoms with Gasteiger partial charge in [0, 0.05) is 24.5 Å². The van der Waals surface area contributed by atoms with Crippen molar-refractivity contribution in [3.8, 4) is 0 Å². The molecule has 0 aliphatic carbocycles. The molecule has 0 aromatic rings. The highest BCUT2D eigenvalue weighted by atomic mass is 15.0. The van der Waals surface area contributed by atoms with Gasteiger partial charge in [0.15, 0.2) is 0 Å². The Kier molecular flexibility index (Phi) is 3.64. The molecule has 13 heavy (non-hydrogen) atoms. The Morgan fingerprint density at radius 2 is 1.23 bits per heavy atom. The first-order valence-electron chi connectivity index (χ1n) is 5.34. The molecule has 2 nitrogen and oxygen atoms in total. The fraction of sp³-hybridized carbons (Fsp3) is 0.818. The van der Waals surface area contributed by atoms with Crippen LogP contribution in [0.2, 0.25) is 0 Å². The van der Waals surface area contributed by atoms with Gasteiger partial charge >= 0.3 is 0 Å². The van der Waals surface area contributed by atoms with E-state index in [4.69, 9.17) is 0 Å². The van der Waals surface area contributed by atoms with E-state index in [2.05, 4.69) is 38.3 Å². The molecular weight excluding hydrogens is 160 g/mol. The molecule has 0 amide bonds. The molecule has 1 aliphatic heterocycles. The Hall–Kier alpha value is -0.660. The van der Waals surface area contributed by atoms with E-state index in [9.17, 15) is 0 Å². The van der Waals surface area contributed by atoms with Crippen molar-refractivity contribution < 1.29 is 0 Å². The Labute approximate surface area is 81.8 Å². The molecule has 0 radical (unpaired) electrons. The third-order valence-corrected chi connectivity index (χ3v) is 2.43. The lowest BCUT2D eigenvalue weighted by Gasteiger charge is -2.20. The van der Waals surface area contributed by atoms with E-state index in [1.165, 1.54) is 17.8 Å². The highest BCUT2D eigenvalue weighted by Crippen LogP contribution is 2.18. The maximum atomic E-state index is 3.53. The maximum Gasteiger partial charge on any atom is 0.0328 e. The summed E-state index contributed by atoms with van der Waals surface area (Å²) in [5.74, 6) is 1.20. The molecule has 2 N–H and O–H groups in total. The number of hydrogen-bond acceptors (Lipinski definition) is 2. The van der Waals surface area contributed by atoms with Crippen molar-refractivity contribution in [2.75, 3.05) is 13.1 Å². The third kappa shape index (κ3) is 2.64. The molecule has 0 saturated heterocycles. The lowest BCUT2D eigenvalue weighted by Crippen LogP contribution is -2.23. The van der Waals surface area contributed by atoms with Crippen LogP contribution in [0.1, 0.15) is 34.1 Å². The van der Waals surface area contributed by atoms with Crippen molar-refractivity contribution in [2.45, 2.75) is 34.1 Å². The summed E-state index contributed by atoms with van der Waals surface area (Å²) in [6, 6.07) is 0. The molecule has 0 aromatic heterocycles. The van der Waals surface area contributed by atoms with Gasteiger partial charge in [-0.25, -0.2) is 0 Å². The lowest BCUT2D eigenvalue weighted by molar-refractivity contribution is 0.607. The van der Waals surface area contributed by atoms with Crippen LogP contribution in [-0.4, -0.2) is 13.1 Å². The molecule has 76 valence electrons. The summed E-state index contributed by atoms with van der Waals surface area (Å²) in [5.41, 5.74) is 2.82. The average molecular weight is 182 g/mol. The van der Waals surface area contributed by atoms with Crippen molar-refractivity contribution in [1.82, 2.24) is 10.6 Å². The van der Waals surface area contributed by atoms with Gasteiger partial charge in [0.2, 0.25) is 0 Å².